The SMILES string of the molecule is N=C(N)c1cccc(-c2nc3ccccc3n(CCCCCN3CCCCC3C(=O)O)c2=O)c1. The van der Waals surface area contributed by atoms with E-state index in [0.29, 0.717) is 23.4 Å². The minimum atomic E-state index is -0.726. The van der Waals surface area contributed by atoms with E-state index in [2.05, 4.69) is 9.88 Å². The first kappa shape index (κ1) is 23.6. The van der Waals surface area contributed by atoms with Crippen LogP contribution in [0.3, 0.4) is 0 Å². The predicted molar refractivity (Wildman–Crippen MR) is 133 cm³/mol. The number of likely N-dealkylation sites (tertiary alicyclic amines) is 1. The number of fused-ring (bicyclic) bond motifs is 1. The van der Waals surface area contributed by atoms with Crippen LogP contribution in [0.1, 0.15) is 44.1 Å². The second-order valence-corrected chi connectivity index (χ2v) is 8.85. The van der Waals surface area contributed by atoms with Crippen molar-refractivity contribution in [1.82, 2.24) is 14.5 Å². The van der Waals surface area contributed by atoms with Gasteiger partial charge < -0.3 is 15.4 Å². The molecule has 178 valence electrons. The molecule has 4 N–H and O–H groups in total. The molecule has 3 aromatic rings. The molecular weight excluding hydrogens is 430 g/mol. The van der Waals surface area contributed by atoms with Crippen molar-refractivity contribution in [3.63, 3.8) is 0 Å². The van der Waals surface area contributed by atoms with Gasteiger partial charge in [0.05, 0.1) is 11.0 Å². The maximum atomic E-state index is 13.4. The summed E-state index contributed by atoms with van der Waals surface area (Å²) in [4.78, 5) is 31.7. The second-order valence-electron chi connectivity index (χ2n) is 8.85. The van der Waals surface area contributed by atoms with Crippen molar-refractivity contribution in [1.29, 1.82) is 5.41 Å². The minimum absolute atomic E-state index is 0.0539. The lowest BCUT2D eigenvalue weighted by Gasteiger charge is -2.32. The number of benzene rings is 2. The van der Waals surface area contributed by atoms with Crippen molar-refractivity contribution in [2.75, 3.05) is 13.1 Å². The topological polar surface area (TPSA) is 125 Å². The highest BCUT2D eigenvalue weighted by Crippen LogP contribution is 2.20. The summed E-state index contributed by atoms with van der Waals surface area (Å²) < 4.78 is 1.78. The number of nitrogens with two attached hydrogens (primary N) is 1. The zero-order chi connectivity index (χ0) is 24.1. The lowest BCUT2D eigenvalue weighted by atomic mass is 10.0. The van der Waals surface area contributed by atoms with Gasteiger partial charge in [-0.3, -0.25) is 19.9 Å². The Hall–Kier alpha value is -3.52. The molecule has 0 bridgehead atoms. The molecule has 0 amide bonds. The van der Waals surface area contributed by atoms with Gasteiger partial charge in [0.25, 0.3) is 5.56 Å². The molecule has 1 fully saturated rings. The van der Waals surface area contributed by atoms with Crippen LogP contribution in [0.4, 0.5) is 0 Å². The molecule has 1 unspecified atom stereocenters. The van der Waals surface area contributed by atoms with Gasteiger partial charge in [0.15, 0.2) is 0 Å². The number of piperidine rings is 1. The fourth-order valence-electron chi connectivity index (χ4n) is 4.74. The zero-order valence-electron chi connectivity index (χ0n) is 19.2. The molecule has 1 aromatic heterocycles. The number of nitrogens with one attached hydrogen (secondary N) is 1. The number of para-hydroxylation sites is 2. The van der Waals surface area contributed by atoms with Gasteiger partial charge >= 0.3 is 5.97 Å². The molecule has 4 rings (SSSR count). The molecule has 0 radical (unpaired) electrons. The van der Waals surface area contributed by atoms with Crippen molar-refractivity contribution in [2.45, 2.75) is 51.1 Å². The van der Waals surface area contributed by atoms with Gasteiger partial charge in [-0.1, -0.05) is 43.2 Å². The highest BCUT2D eigenvalue weighted by Gasteiger charge is 2.27. The third kappa shape index (κ3) is 5.17. The average Bonchev–Trinajstić information content (AvgIpc) is 2.85. The number of carbonyl (C=O) groups is 1. The molecule has 1 atom stereocenters. The van der Waals surface area contributed by atoms with Crippen molar-refractivity contribution < 1.29 is 9.90 Å². The zero-order valence-corrected chi connectivity index (χ0v) is 19.2. The van der Waals surface area contributed by atoms with Crippen LogP contribution in [0.5, 0.6) is 0 Å². The van der Waals surface area contributed by atoms with Gasteiger partial charge in [0.1, 0.15) is 17.6 Å². The van der Waals surface area contributed by atoms with E-state index in [9.17, 15) is 14.7 Å². The number of hydrogen-bond acceptors (Lipinski definition) is 5. The quantitative estimate of drug-likeness (QED) is 0.255. The Labute approximate surface area is 198 Å². The number of unbranched alkanes of at least 4 members (excludes halogenated alkanes) is 2. The van der Waals surface area contributed by atoms with E-state index in [0.717, 1.165) is 62.6 Å². The molecular formula is C26H31N5O3. The maximum absolute atomic E-state index is 13.4. The second kappa shape index (κ2) is 10.6. The van der Waals surface area contributed by atoms with E-state index in [1.54, 1.807) is 22.8 Å². The van der Waals surface area contributed by atoms with Gasteiger partial charge in [-0.15, -0.1) is 0 Å². The van der Waals surface area contributed by atoms with Crippen LogP contribution < -0.4 is 11.3 Å². The number of rotatable bonds is 9. The standard InChI is InChI=1S/C26H31N5O3/c27-24(28)19-10-8-9-18(17-19)23-25(32)31(21-12-3-2-11-20(21)29-23)16-6-1-5-14-30-15-7-4-13-22(30)26(33)34/h2-3,8-12,17,22H,1,4-7,13-16H2,(H3,27,28)(H,33,34). The Balaban J connectivity index is 1.50. The Morgan fingerprint density at radius 1 is 1.09 bits per heavy atom. The van der Waals surface area contributed by atoms with Gasteiger partial charge in [0.2, 0.25) is 0 Å². The molecule has 0 aliphatic carbocycles. The summed E-state index contributed by atoms with van der Waals surface area (Å²) >= 11 is 0. The van der Waals surface area contributed by atoms with E-state index >= 15 is 0 Å². The molecule has 2 heterocycles. The number of amidine groups is 1. The summed E-state index contributed by atoms with van der Waals surface area (Å²) in [5.41, 5.74) is 8.54. The van der Waals surface area contributed by atoms with E-state index < -0.39 is 5.97 Å². The summed E-state index contributed by atoms with van der Waals surface area (Å²) in [6, 6.07) is 14.3. The first-order valence-electron chi connectivity index (χ1n) is 11.9. The summed E-state index contributed by atoms with van der Waals surface area (Å²) in [5.74, 6) is -0.780. The molecule has 1 saturated heterocycles. The highest BCUT2D eigenvalue weighted by molar-refractivity contribution is 5.96. The molecule has 1 aliphatic heterocycles. The summed E-state index contributed by atoms with van der Waals surface area (Å²) in [6.07, 6.45) is 5.36. The molecule has 0 saturated carbocycles. The fraction of sp³-hybridized carbons (Fsp3) is 0.385. The highest BCUT2D eigenvalue weighted by atomic mass is 16.4. The smallest absolute Gasteiger partial charge is 0.320 e. The first-order chi connectivity index (χ1) is 16.5. The van der Waals surface area contributed by atoms with Crippen LogP contribution in [0.2, 0.25) is 0 Å². The number of aliphatic carboxylic acids is 1. The predicted octanol–water partition coefficient (Wildman–Crippen LogP) is 3.46. The van der Waals surface area contributed by atoms with Crippen LogP contribution >= 0.6 is 0 Å². The Bertz CT molecular complexity index is 1250. The monoisotopic (exact) mass is 461 g/mol. The van der Waals surface area contributed by atoms with Crippen molar-refractivity contribution >= 4 is 22.8 Å². The van der Waals surface area contributed by atoms with Gasteiger partial charge in [-0.25, -0.2) is 4.98 Å². The Morgan fingerprint density at radius 2 is 1.88 bits per heavy atom. The molecule has 8 nitrogen and oxygen atoms in total. The maximum Gasteiger partial charge on any atom is 0.320 e. The summed E-state index contributed by atoms with van der Waals surface area (Å²) in [7, 11) is 0. The van der Waals surface area contributed by atoms with Crippen molar-refractivity contribution in [2.24, 2.45) is 5.73 Å². The number of aromatic nitrogens is 2. The molecule has 1 aliphatic rings. The fourth-order valence-corrected chi connectivity index (χ4v) is 4.74. The number of aryl methyl sites for hydroxylation is 1. The van der Waals surface area contributed by atoms with Crippen molar-refractivity contribution in [3.8, 4) is 11.3 Å². The van der Waals surface area contributed by atoms with Crippen LogP contribution in [-0.2, 0) is 11.3 Å². The largest absolute Gasteiger partial charge is 0.480 e. The van der Waals surface area contributed by atoms with Crippen LogP contribution in [-0.4, -0.2) is 50.5 Å². The van der Waals surface area contributed by atoms with E-state index in [1.165, 1.54) is 0 Å². The minimum Gasteiger partial charge on any atom is -0.480 e. The van der Waals surface area contributed by atoms with E-state index in [4.69, 9.17) is 11.1 Å². The number of nitrogens with zero attached hydrogens (tertiary/aromatic N) is 3. The average molecular weight is 462 g/mol. The summed E-state index contributed by atoms with van der Waals surface area (Å²) in [6.45, 7) is 2.17. The number of nitrogen functional groups attached to an aromatic ring is 1. The number of carboxylic acid groups (broad SMARTS) is 1. The lowest BCUT2D eigenvalue weighted by Crippen LogP contribution is -2.44. The molecule has 2 aromatic carbocycles. The molecule has 0 spiro atoms. The third-order valence-corrected chi connectivity index (χ3v) is 6.53. The van der Waals surface area contributed by atoms with Gasteiger partial charge in [0, 0.05) is 17.7 Å². The van der Waals surface area contributed by atoms with Gasteiger partial charge in [-0.2, -0.15) is 0 Å². The van der Waals surface area contributed by atoms with Crippen molar-refractivity contribution in [3.05, 3.63) is 64.4 Å². The summed E-state index contributed by atoms with van der Waals surface area (Å²) in [5, 5.41) is 17.2. The first-order valence-corrected chi connectivity index (χ1v) is 11.9. The molecule has 8 heteroatoms. The Morgan fingerprint density at radius 3 is 2.68 bits per heavy atom. The lowest BCUT2D eigenvalue weighted by molar-refractivity contribution is -0.144. The van der Waals surface area contributed by atoms with E-state index in [-0.39, 0.29) is 17.4 Å². The van der Waals surface area contributed by atoms with Crippen LogP contribution in [0.25, 0.3) is 22.3 Å². The molecule has 34 heavy (non-hydrogen) atoms. The Kier molecular flexibility index (Phi) is 7.37. The van der Waals surface area contributed by atoms with Crippen LogP contribution in [0, 0.1) is 5.41 Å². The third-order valence-electron chi connectivity index (χ3n) is 6.53. The van der Waals surface area contributed by atoms with Crippen LogP contribution in [0.15, 0.2) is 53.3 Å². The normalized spacial score (nSPS) is 16.5. The number of carboxylic acids is 1. The number of hydrogen-bond donors (Lipinski definition) is 3. The van der Waals surface area contributed by atoms with E-state index in [1.807, 2.05) is 30.3 Å². The van der Waals surface area contributed by atoms with Gasteiger partial charge in [-0.05, 0) is 57.0 Å².